The predicted octanol–water partition coefficient (Wildman–Crippen LogP) is 11.7. The van der Waals surface area contributed by atoms with E-state index in [1.54, 1.807) is 0 Å². The Hall–Kier alpha value is -4.96. The predicted molar refractivity (Wildman–Crippen MR) is 203 cm³/mol. The number of aryl methyl sites for hydroxylation is 4. The van der Waals surface area contributed by atoms with E-state index < -0.39 is 0 Å². The van der Waals surface area contributed by atoms with Crippen molar-refractivity contribution in [1.82, 2.24) is 15.0 Å². The average molecular weight is 830 g/mol. The molecule has 0 aliphatic rings. The Labute approximate surface area is 308 Å². The molecule has 8 aromatic rings. The van der Waals surface area contributed by atoms with E-state index in [0.29, 0.717) is 5.71 Å². The molecule has 0 spiro atoms. The van der Waals surface area contributed by atoms with E-state index in [1.165, 1.54) is 38.6 Å². The minimum Gasteiger partial charge on any atom is -0.486 e. The molecule has 4 nitrogen and oxygen atoms in total. The van der Waals surface area contributed by atoms with Crippen LogP contribution < -0.4 is 0 Å². The fourth-order valence-corrected chi connectivity index (χ4v) is 6.33. The standard InChI is InChI=1S/C32H27N2O.C13H12N.Ir/c1-19-18-33-29(26-12-8-11-24-25-14-13-20(2)34-31(25)35-30(24)26)17-27(19)22-15-16-28(32(3,4)5)23-10-7-6-9-21(22)23;1-10-3-6-12(7-4-10)13-8-5-11(2)9-14-13;/h6-11,13-18H,1-5H3;3-6,8-9H,1-2H3;/q2*-1;. The van der Waals surface area contributed by atoms with E-state index >= 15 is 0 Å². The molecule has 8 rings (SSSR count). The van der Waals surface area contributed by atoms with Crippen molar-refractivity contribution in [3.8, 4) is 33.6 Å². The normalized spacial score (nSPS) is 11.3. The topological polar surface area (TPSA) is 51.8 Å². The number of furan rings is 1. The molecule has 0 bridgehead atoms. The summed E-state index contributed by atoms with van der Waals surface area (Å²) < 4.78 is 6.24. The van der Waals surface area contributed by atoms with Gasteiger partial charge >= 0.3 is 0 Å². The molecule has 251 valence electrons. The molecule has 4 aromatic heterocycles. The zero-order valence-corrected chi connectivity index (χ0v) is 31.9. The van der Waals surface area contributed by atoms with Crippen LogP contribution in [0.2, 0.25) is 0 Å². The SMILES string of the molecule is Cc1c[c-]c(-c2ccc(C)cn2)cc1.Cc1ccc2c(n1)oc1c(-c3cc(-c4ccc(C(C)(C)C)c5ccccc45)c(C)cn3)[c-]ccc12.[Ir]. The van der Waals surface area contributed by atoms with Gasteiger partial charge in [0.05, 0.1) is 5.58 Å². The fourth-order valence-electron chi connectivity index (χ4n) is 6.33. The molecule has 4 aromatic carbocycles. The van der Waals surface area contributed by atoms with Crippen LogP contribution in [-0.2, 0) is 25.5 Å². The Bertz CT molecular complexity index is 2410. The second kappa shape index (κ2) is 14.1. The van der Waals surface area contributed by atoms with Crippen molar-refractivity contribution in [1.29, 1.82) is 0 Å². The van der Waals surface area contributed by atoms with E-state index in [1.807, 2.05) is 62.6 Å². The third kappa shape index (κ3) is 6.89. The van der Waals surface area contributed by atoms with Gasteiger partial charge in [-0.05, 0) is 88.3 Å². The molecule has 1 radical (unpaired) electrons. The second-order valence-corrected chi connectivity index (χ2v) is 13.8. The van der Waals surface area contributed by atoms with Gasteiger partial charge in [-0.2, -0.15) is 0 Å². The second-order valence-electron chi connectivity index (χ2n) is 13.8. The summed E-state index contributed by atoms with van der Waals surface area (Å²) in [6.07, 6.45) is 3.83. The first-order valence-electron chi connectivity index (χ1n) is 16.7. The minimum atomic E-state index is 0. The van der Waals surface area contributed by atoms with Crippen LogP contribution in [0, 0.1) is 39.8 Å². The van der Waals surface area contributed by atoms with Gasteiger partial charge in [-0.25, -0.2) is 4.98 Å². The third-order valence-electron chi connectivity index (χ3n) is 8.97. The summed E-state index contributed by atoms with van der Waals surface area (Å²) in [5.41, 5.74) is 13.4. The molecule has 5 heteroatoms. The van der Waals surface area contributed by atoms with Crippen LogP contribution in [0.25, 0.3) is 66.5 Å². The number of benzene rings is 4. The third-order valence-corrected chi connectivity index (χ3v) is 8.97. The maximum atomic E-state index is 6.24. The van der Waals surface area contributed by atoms with Crippen LogP contribution in [0.5, 0.6) is 0 Å². The monoisotopic (exact) mass is 830 g/mol. The van der Waals surface area contributed by atoms with Gasteiger partial charge in [0.25, 0.3) is 0 Å². The Morgan fingerprint density at radius 2 is 1.40 bits per heavy atom. The number of rotatable bonds is 3. The Kier molecular flexibility index (Phi) is 9.84. The smallest absolute Gasteiger partial charge is 0.216 e. The molecule has 0 N–H and O–H groups in total. The maximum Gasteiger partial charge on any atom is 0.216 e. The largest absolute Gasteiger partial charge is 0.486 e. The first-order chi connectivity index (χ1) is 23.6. The van der Waals surface area contributed by atoms with Gasteiger partial charge < -0.3 is 14.4 Å². The summed E-state index contributed by atoms with van der Waals surface area (Å²) in [5, 5.41) is 4.59. The van der Waals surface area contributed by atoms with Crippen LogP contribution in [0.4, 0.5) is 0 Å². The van der Waals surface area contributed by atoms with Crippen molar-refractivity contribution in [2.75, 3.05) is 0 Å². The van der Waals surface area contributed by atoms with Crippen LogP contribution in [0.3, 0.4) is 0 Å². The van der Waals surface area contributed by atoms with Crippen LogP contribution in [-0.4, -0.2) is 15.0 Å². The van der Waals surface area contributed by atoms with Gasteiger partial charge in [0.2, 0.25) is 5.71 Å². The minimum absolute atomic E-state index is 0. The van der Waals surface area contributed by atoms with E-state index in [2.05, 4.69) is 117 Å². The number of hydrogen-bond donors (Lipinski definition) is 0. The first kappa shape index (κ1) is 34.9. The fraction of sp³-hybridized carbons (Fsp3) is 0.178. The molecule has 4 heterocycles. The van der Waals surface area contributed by atoms with Gasteiger partial charge in [-0.1, -0.05) is 93.2 Å². The molecule has 50 heavy (non-hydrogen) atoms. The summed E-state index contributed by atoms with van der Waals surface area (Å²) in [4.78, 5) is 13.7. The molecule has 0 fully saturated rings. The van der Waals surface area contributed by atoms with Crippen LogP contribution in [0.1, 0.15) is 48.7 Å². The van der Waals surface area contributed by atoms with Crippen molar-refractivity contribution in [2.24, 2.45) is 0 Å². The van der Waals surface area contributed by atoms with E-state index in [0.717, 1.165) is 50.1 Å². The number of hydrogen-bond acceptors (Lipinski definition) is 4. The molecule has 0 saturated heterocycles. The van der Waals surface area contributed by atoms with E-state index in [9.17, 15) is 0 Å². The van der Waals surface area contributed by atoms with Crippen molar-refractivity contribution in [2.45, 2.75) is 53.9 Å². The summed E-state index contributed by atoms with van der Waals surface area (Å²) in [5.74, 6) is 0. The first-order valence-corrected chi connectivity index (χ1v) is 16.7. The quantitative estimate of drug-likeness (QED) is 0.166. The van der Waals surface area contributed by atoms with Crippen molar-refractivity contribution < 1.29 is 24.5 Å². The van der Waals surface area contributed by atoms with Gasteiger partial charge in [0.15, 0.2) is 0 Å². The number of pyridine rings is 3. The van der Waals surface area contributed by atoms with E-state index in [-0.39, 0.29) is 25.5 Å². The van der Waals surface area contributed by atoms with E-state index in [4.69, 9.17) is 9.40 Å². The van der Waals surface area contributed by atoms with Gasteiger partial charge in [0, 0.05) is 43.6 Å². The van der Waals surface area contributed by atoms with Crippen LogP contribution >= 0.6 is 0 Å². The molecule has 0 amide bonds. The summed E-state index contributed by atoms with van der Waals surface area (Å²) in [6, 6.07) is 40.3. The maximum absolute atomic E-state index is 6.24. The van der Waals surface area contributed by atoms with Crippen molar-refractivity contribution >= 4 is 32.8 Å². The van der Waals surface area contributed by atoms with Gasteiger partial charge in [-0.3, -0.25) is 0 Å². The molecule has 0 atom stereocenters. The molecule has 0 aliphatic heterocycles. The summed E-state index contributed by atoms with van der Waals surface area (Å²) in [7, 11) is 0. The number of aromatic nitrogens is 3. The molecular weight excluding hydrogens is 791 g/mol. The van der Waals surface area contributed by atoms with Gasteiger partial charge in [-0.15, -0.1) is 53.6 Å². The number of nitrogens with zero attached hydrogens (tertiary/aromatic N) is 3. The Balaban J connectivity index is 0.000000242. The molecule has 0 saturated carbocycles. The summed E-state index contributed by atoms with van der Waals surface area (Å²) >= 11 is 0. The number of fused-ring (bicyclic) bond motifs is 4. The Morgan fingerprint density at radius 3 is 2.12 bits per heavy atom. The molecule has 0 unspecified atom stereocenters. The molecular formula is C45H39IrN3O-2. The van der Waals surface area contributed by atoms with Crippen molar-refractivity contribution in [3.05, 3.63) is 150 Å². The summed E-state index contributed by atoms with van der Waals surface area (Å²) in [6.45, 7) is 15.0. The Morgan fingerprint density at radius 1 is 0.640 bits per heavy atom. The zero-order valence-electron chi connectivity index (χ0n) is 29.5. The zero-order chi connectivity index (χ0) is 34.3. The van der Waals surface area contributed by atoms with Crippen LogP contribution in [0.15, 0.2) is 114 Å². The van der Waals surface area contributed by atoms with Gasteiger partial charge in [0.1, 0.15) is 0 Å². The molecule has 0 aliphatic carbocycles. The average Bonchev–Trinajstić information content (AvgIpc) is 3.46. The van der Waals surface area contributed by atoms with Crippen molar-refractivity contribution in [3.63, 3.8) is 0 Å².